The number of ether oxygens (including phenoxy) is 1. The van der Waals surface area contributed by atoms with Crippen molar-refractivity contribution in [1.29, 1.82) is 0 Å². The first-order valence-corrected chi connectivity index (χ1v) is 8.01. The van der Waals surface area contributed by atoms with Crippen LogP contribution in [0.25, 0.3) is 0 Å². The Hall–Kier alpha value is -0.420. The van der Waals surface area contributed by atoms with E-state index in [0.29, 0.717) is 13.0 Å². The van der Waals surface area contributed by atoms with Crippen LogP contribution in [0.4, 0.5) is 0 Å². The summed E-state index contributed by atoms with van der Waals surface area (Å²) in [6.45, 7) is 7.84. The van der Waals surface area contributed by atoms with Gasteiger partial charge in [-0.15, -0.1) is 0 Å². The van der Waals surface area contributed by atoms with Crippen molar-refractivity contribution in [3.63, 3.8) is 0 Å². The maximum Gasteiger partial charge on any atom is 0.161 e. The van der Waals surface area contributed by atoms with Crippen LogP contribution in [-0.2, 0) is 19.4 Å². The Morgan fingerprint density at radius 2 is 1.82 bits per heavy atom. The molecule has 0 aliphatic rings. The second kappa shape index (κ2) is 7.82. The quantitative estimate of drug-likeness (QED) is 0.637. The highest BCUT2D eigenvalue weighted by atomic mass is 32.2. The molecule has 0 aromatic rings. The van der Waals surface area contributed by atoms with E-state index in [4.69, 9.17) is 4.74 Å². The molecule has 0 aliphatic heterocycles. The summed E-state index contributed by atoms with van der Waals surface area (Å²) in [7, 11) is -2.97. The third-order valence-electron chi connectivity index (χ3n) is 2.59. The van der Waals surface area contributed by atoms with Gasteiger partial charge in [-0.1, -0.05) is 20.8 Å². The molecule has 0 saturated heterocycles. The highest BCUT2D eigenvalue weighted by Gasteiger charge is 2.22. The van der Waals surface area contributed by atoms with Crippen LogP contribution in [0.15, 0.2) is 0 Å². The van der Waals surface area contributed by atoms with E-state index in [1.807, 2.05) is 20.8 Å². The van der Waals surface area contributed by atoms with Crippen LogP contribution >= 0.6 is 0 Å². The Labute approximate surface area is 105 Å². The first-order valence-electron chi connectivity index (χ1n) is 6.18. The largest absolute Gasteiger partial charge is 0.370 e. The SMILES string of the molecule is CCOC(C(=O)CCCS(=O)(=O)CC)C(C)C. The number of hydrogen-bond donors (Lipinski definition) is 0. The van der Waals surface area contributed by atoms with Crippen LogP contribution in [0.5, 0.6) is 0 Å². The van der Waals surface area contributed by atoms with E-state index in [2.05, 4.69) is 0 Å². The molecule has 0 radical (unpaired) electrons. The molecule has 0 bridgehead atoms. The van der Waals surface area contributed by atoms with Crippen molar-refractivity contribution in [1.82, 2.24) is 0 Å². The molecular formula is C12H24O4S. The van der Waals surface area contributed by atoms with Crippen LogP contribution in [-0.4, -0.2) is 38.4 Å². The summed E-state index contributed by atoms with van der Waals surface area (Å²) in [5.74, 6) is 0.366. The first-order chi connectivity index (χ1) is 7.84. The molecule has 1 atom stereocenters. The Morgan fingerprint density at radius 3 is 2.24 bits per heavy atom. The van der Waals surface area contributed by atoms with E-state index in [1.165, 1.54) is 0 Å². The lowest BCUT2D eigenvalue weighted by atomic mass is 10.00. The summed E-state index contributed by atoms with van der Waals surface area (Å²) < 4.78 is 27.9. The molecule has 0 aromatic carbocycles. The monoisotopic (exact) mass is 264 g/mol. The van der Waals surface area contributed by atoms with Gasteiger partial charge in [0.25, 0.3) is 0 Å². The Kier molecular flexibility index (Phi) is 7.63. The lowest BCUT2D eigenvalue weighted by molar-refractivity contribution is -0.133. The van der Waals surface area contributed by atoms with Crippen LogP contribution in [0.1, 0.15) is 40.5 Å². The first kappa shape index (κ1) is 16.6. The minimum atomic E-state index is -2.97. The summed E-state index contributed by atoms with van der Waals surface area (Å²) in [5, 5.41) is 0. The number of carbonyl (C=O) groups excluding carboxylic acids is 1. The normalized spacial score (nSPS) is 13.9. The third kappa shape index (κ3) is 6.78. The molecule has 0 aromatic heterocycles. The molecule has 102 valence electrons. The van der Waals surface area contributed by atoms with Gasteiger partial charge in [-0.3, -0.25) is 4.79 Å². The minimum absolute atomic E-state index is 0.00755. The van der Waals surface area contributed by atoms with Gasteiger partial charge in [0, 0.05) is 18.8 Å². The Balaban J connectivity index is 4.16. The number of hydrogen-bond acceptors (Lipinski definition) is 4. The van der Waals surface area contributed by atoms with Crippen molar-refractivity contribution < 1.29 is 17.9 Å². The molecule has 0 saturated carbocycles. The van der Waals surface area contributed by atoms with Crippen molar-refractivity contribution in [2.75, 3.05) is 18.1 Å². The highest BCUT2D eigenvalue weighted by Crippen LogP contribution is 2.11. The zero-order valence-corrected chi connectivity index (χ0v) is 12.0. The van der Waals surface area contributed by atoms with E-state index in [9.17, 15) is 13.2 Å². The minimum Gasteiger partial charge on any atom is -0.370 e. The molecule has 0 fully saturated rings. The lowest BCUT2D eigenvalue weighted by Gasteiger charge is -2.19. The zero-order chi connectivity index (χ0) is 13.5. The molecule has 0 amide bonds. The molecule has 5 heteroatoms. The van der Waals surface area contributed by atoms with E-state index >= 15 is 0 Å². The smallest absolute Gasteiger partial charge is 0.161 e. The van der Waals surface area contributed by atoms with Crippen LogP contribution in [0.2, 0.25) is 0 Å². The molecule has 4 nitrogen and oxygen atoms in total. The van der Waals surface area contributed by atoms with Gasteiger partial charge in [-0.25, -0.2) is 8.42 Å². The van der Waals surface area contributed by atoms with Gasteiger partial charge in [0.1, 0.15) is 15.9 Å². The predicted octanol–water partition coefficient (Wildman–Crippen LogP) is 1.83. The average molecular weight is 264 g/mol. The molecule has 0 N–H and O–H groups in total. The summed E-state index contributed by atoms with van der Waals surface area (Å²) >= 11 is 0. The van der Waals surface area contributed by atoms with Crippen molar-refractivity contribution in [3.8, 4) is 0 Å². The lowest BCUT2D eigenvalue weighted by Crippen LogP contribution is -2.30. The maximum absolute atomic E-state index is 11.8. The fourth-order valence-corrected chi connectivity index (χ4v) is 2.46. The van der Waals surface area contributed by atoms with Gasteiger partial charge in [-0.2, -0.15) is 0 Å². The maximum atomic E-state index is 11.8. The summed E-state index contributed by atoms with van der Waals surface area (Å²) in [5.41, 5.74) is 0. The number of Topliss-reactive ketones (excluding diaryl/α,β-unsaturated/α-hetero) is 1. The van der Waals surface area contributed by atoms with Gasteiger partial charge in [0.2, 0.25) is 0 Å². The fourth-order valence-electron chi connectivity index (χ4n) is 1.59. The van der Waals surface area contributed by atoms with Crippen molar-refractivity contribution in [2.24, 2.45) is 5.92 Å². The van der Waals surface area contributed by atoms with Gasteiger partial charge in [0.05, 0.1) is 5.75 Å². The predicted molar refractivity (Wildman–Crippen MR) is 68.8 cm³/mol. The molecular weight excluding hydrogens is 240 g/mol. The van der Waals surface area contributed by atoms with E-state index in [-0.39, 0.29) is 29.6 Å². The molecule has 0 spiro atoms. The van der Waals surface area contributed by atoms with Crippen LogP contribution in [0.3, 0.4) is 0 Å². The number of ketones is 1. The van der Waals surface area contributed by atoms with Gasteiger partial charge < -0.3 is 4.74 Å². The third-order valence-corrected chi connectivity index (χ3v) is 4.38. The highest BCUT2D eigenvalue weighted by molar-refractivity contribution is 7.91. The molecule has 0 heterocycles. The van der Waals surface area contributed by atoms with Gasteiger partial charge >= 0.3 is 0 Å². The van der Waals surface area contributed by atoms with Crippen LogP contribution in [0, 0.1) is 5.92 Å². The molecule has 0 aliphatic carbocycles. The van der Waals surface area contributed by atoms with Crippen molar-refractivity contribution in [3.05, 3.63) is 0 Å². The summed E-state index contributed by atoms with van der Waals surface area (Å²) in [6, 6.07) is 0. The van der Waals surface area contributed by atoms with E-state index in [0.717, 1.165) is 0 Å². The molecule has 17 heavy (non-hydrogen) atoms. The second-order valence-electron chi connectivity index (χ2n) is 4.43. The van der Waals surface area contributed by atoms with Crippen molar-refractivity contribution in [2.45, 2.75) is 46.6 Å². The zero-order valence-electron chi connectivity index (χ0n) is 11.2. The topological polar surface area (TPSA) is 60.4 Å². The number of rotatable bonds is 9. The average Bonchev–Trinajstić information content (AvgIpc) is 2.25. The van der Waals surface area contributed by atoms with Crippen molar-refractivity contribution >= 4 is 15.6 Å². The molecule has 0 rings (SSSR count). The van der Waals surface area contributed by atoms with E-state index in [1.54, 1.807) is 6.92 Å². The Bertz CT molecular complexity index is 319. The second-order valence-corrected chi connectivity index (χ2v) is 6.90. The molecule has 1 unspecified atom stereocenters. The number of carbonyl (C=O) groups is 1. The Morgan fingerprint density at radius 1 is 1.24 bits per heavy atom. The standard InChI is InChI=1S/C12H24O4S/c1-5-16-12(10(3)4)11(13)8-7-9-17(14,15)6-2/h10,12H,5-9H2,1-4H3. The van der Waals surface area contributed by atoms with E-state index < -0.39 is 15.9 Å². The fraction of sp³-hybridized carbons (Fsp3) is 0.917. The van der Waals surface area contributed by atoms with Crippen LogP contribution < -0.4 is 0 Å². The summed E-state index contributed by atoms with van der Waals surface area (Å²) in [4.78, 5) is 11.8. The summed E-state index contributed by atoms with van der Waals surface area (Å²) in [6.07, 6.45) is 0.275. The van der Waals surface area contributed by atoms with Gasteiger partial charge in [-0.05, 0) is 19.3 Å². The van der Waals surface area contributed by atoms with Gasteiger partial charge in [0.15, 0.2) is 5.78 Å². The number of sulfone groups is 1.